The van der Waals surface area contributed by atoms with E-state index in [9.17, 15) is 18.0 Å². The van der Waals surface area contributed by atoms with Crippen LogP contribution in [0.2, 0.25) is 0 Å². The summed E-state index contributed by atoms with van der Waals surface area (Å²) in [5.74, 6) is -0.438. The molecule has 0 aliphatic heterocycles. The van der Waals surface area contributed by atoms with Gasteiger partial charge in [0, 0.05) is 6.04 Å². The summed E-state index contributed by atoms with van der Waals surface area (Å²) in [5, 5.41) is 2.80. The van der Waals surface area contributed by atoms with Gasteiger partial charge in [0.05, 0.1) is 5.92 Å². The van der Waals surface area contributed by atoms with Gasteiger partial charge in [-0.2, -0.15) is 13.2 Å². The second-order valence-corrected chi connectivity index (χ2v) is 7.05. The molecule has 2 heterocycles. The number of nitrogens with one attached hydrogen (secondary N) is 1. The van der Waals surface area contributed by atoms with Crippen molar-refractivity contribution in [3.05, 3.63) is 53.7 Å². The zero-order chi connectivity index (χ0) is 19.9. The van der Waals surface area contributed by atoms with E-state index in [0.717, 1.165) is 30.9 Å². The van der Waals surface area contributed by atoms with Gasteiger partial charge in [0.25, 0.3) is 0 Å². The highest BCUT2D eigenvalue weighted by Crippen LogP contribution is 2.38. The number of amides is 1. The van der Waals surface area contributed by atoms with Gasteiger partial charge in [0.2, 0.25) is 11.9 Å². The minimum Gasteiger partial charge on any atom is -0.295 e. The number of pyridine rings is 1. The van der Waals surface area contributed by atoms with Crippen LogP contribution >= 0.6 is 0 Å². The molecule has 0 saturated heterocycles. The number of alkyl halides is 3. The molecule has 2 aromatic heterocycles. The molecule has 1 atom stereocenters. The average molecular weight is 388 g/mol. The van der Waals surface area contributed by atoms with Crippen molar-refractivity contribution in [3.63, 3.8) is 0 Å². The Hall–Kier alpha value is -2.90. The van der Waals surface area contributed by atoms with Crippen molar-refractivity contribution in [1.29, 1.82) is 0 Å². The first-order valence-corrected chi connectivity index (χ1v) is 9.16. The summed E-state index contributed by atoms with van der Waals surface area (Å²) < 4.78 is 40.9. The van der Waals surface area contributed by atoms with Crippen molar-refractivity contribution in [3.8, 4) is 0 Å². The Morgan fingerprint density at radius 3 is 2.46 bits per heavy atom. The smallest absolute Gasteiger partial charge is 0.295 e. The molecule has 28 heavy (non-hydrogen) atoms. The number of nitrogens with zero attached hydrogens (tertiary/aromatic N) is 3. The van der Waals surface area contributed by atoms with Gasteiger partial charge >= 0.3 is 6.18 Å². The number of halogens is 3. The molecule has 146 valence electrons. The lowest BCUT2D eigenvalue weighted by molar-refractivity contribution is -0.141. The van der Waals surface area contributed by atoms with Crippen molar-refractivity contribution in [2.45, 2.75) is 44.3 Å². The van der Waals surface area contributed by atoms with Crippen molar-refractivity contribution in [1.82, 2.24) is 14.5 Å². The second kappa shape index (κ2) is 6.92. The van der Waals surface area contributed by atoms with Crippen LogP contribution in [0.3, 0.4) is 0 Å². The number of fused-ring (bicyclic) bond motifs is 1. The fourth-order valence-corrected chi connectivity index (χ4v) is 3.32. The molecule has 0 spiro atoms. The summed E-state index contributed by atoms with van der Waals surface area (Å²) in [7, 11) is 0. The van der Waals surface area contributed by atoms with E-state index >= 15 is 0 Å². The summed E-state index contributed by atoms with van der Waals surface area (Å²) in [4.78, 5) is 20.9. The topological polar surface area (TPSA) is 59.8 Å². The SMILES string of the molecule is CC(C(=O)Nc1nc2ccc(C(F)(F)F)nc2n1C1CCC1)c1ccccc1. The molecule has 4 rings (SSSR count). The van der Waals surface area contributed by atoms with E-state index in [4.69, 9.17) is 0 Å². The maximum Gasteiger partial charge on any atom is 0.433 e. The Kier molecular flexibility index (Phi) is 4.56. The fraction of sp³-hybridized carbons (Fsp3) is 0.350. The van der Waals surface area contributed by atoms with Gasteiger partial charge in [-0.05, 0) is 43.9 Å². The molecule has 0 radical (unpaired) electrons. The molecule has 3 aromatic rings. The highest BCUT2D eigenvalue weighted by Gasteiger charge is 2.34. The van der Waals surface area contributed by atoms with Crippen molar-refractivity contribution in [2.75, 3.05) is 5.32 Å². The first kappa shape index (κ1) is 18.5. The van der Waals surface area contributed by atoms with Crippen LogP contribution in [-0.2, 0) is 11.0 Å². The van der Waals surface area contributed by atoms with Gasteiger partial charge in [0.15, 0.2) is 5.65 Å². The lowest BCUT2D eigenvalue weighted by atomic mass is 9.93. The van der Waals surface area contributed by atoms with Crippen LogP contribution < -0.4 is 5.32 Å². The molecule has 1 unspecified atom stereocenters. The minimum absolute atomic E-state index is 0.0108. The van der Waals surface area contributed by atoms with E-state index in [2.05, 4.69) is 15.3 Å². The first-order valence-electron chi connectivity index (χ1n) is 9.16. The van der Waals surface area contributed by atoms with Crippen LogP contribution in [0.15, 0.2) is 42.5 Å². The summed E-state index contributed by atoms with van der Waals surface area (Å²) in [5.41, 5.74) is 0.379. The molecule has 1 fully saturated rings. The van der Waals surface area contributed by atoms with Crippen LogP contribution in [0.1, 0.15) is 49.4 Å². The van der Waals surface area contributed by atoms with Crippen molar-refractivity contribution in [2.24, 2.45) is 0 Å². The van der Waals surface area contributed by atoms with Gasteiger partial charge in [-0.15, -0.1) is 0 Å². The number of carbonyl (C=O) groups is 1. The zero-order valence-corrected chi connectivity index (χ0v) is 15.2. The quantitative estimate of drug-likeness (QED) is 0.690. The second-order valence-electron chi connectivity index (χ2n) is 7.05. The van der Waals surface area contributed by atoms with Crippen molar-refractivity contribution >= 4 is 23.0 Å². The van der Waals surface area contributed by atoms with Gasteiger partial charge in [-0.3, -0.25) is 14.7 Å². The van der Waals surface area contributed by atoms with Crippen LogP contribution in [-0.4, -0.2) is 20.4 Å². The third-order valence-electron chi connectivity index (χ3n) is 5.20. The molecule has 5 nitrogen and oxygen atoms in total. The van der Waals surface area contributed by atoms with Crippen LogP contribution in [0.5, 0.6) is 0 Å². The number of carbonyl (C=O) groups excluding carboxylic acids is 1. The van der Waals surface area contributed by atoms with Crippen LogP contribution in [0, 0.1) is 0 Å². The molecule has 1 amide bonds. The molecule has 0 bridgehead atoms. The van der Waals surface area contributed by atoms with E-state index in [1.54, 1.807) is 11.5 Å². The van der Waals surface area contributed by atoms with Crippen molar-refractivity contribution < 1.29 is 18.0 Å². The van der Waals surface area contributed by atoms with Crippen LogP contribution in [0.25, 0.3) is 11.2 Å². The predicted molar refractivity (Wildman–Crippen MR) is 98.9 cm³/mol. The zero-order valence-electron chi connectivity index (χ0n) is 15.2. The van der Waals surface area contributed by atoms with Gasteiger partial charge < -0.3 is 0 Å². The maximum atomic E-state index is 13.1. The molecule has 1 saturated carbocycles. The Morgan fingerprint density at radius 2 is 1.86 bits per heavy atom. The van der Waals surface area contributed by atoms with Gasteiger partial charge in [-0.25, -0.2) is 9.97 Å². The standard InChI is InChI=1S/C20H19F3N4O/c1-12(13-6-3-2-4-7-13)18(28)26-19-24-15-10-11-16(20(21,22)23)25-17(15)27(19)14-8-5-9-14/h2-4,6-7,10-12,14H,5,8-9H2,1H3,(H,24,26,28). The largest absolute Gasteiger partial charge is 0.433 e. The van der Waals surface area contributed by atoms with E-state index in [1.807, 2.05) is 30.3 Å². The fourth-order valence-electron chi connectivity index (χ4n) is 3.32. The summed E-state index contributed by atoms with van der Waals surface area (Å²) in [6.45, 7) is 1.78. The lowest BCUT2D eigenvalue weighted by Gasteiger charge is -2.28. The molecule has 1 N–H and O–H groups in total. The lowest BCUT2D eigenvalue weighted by Crippen LogP contribution is -2.25. The van der Waals surface area contributed by atoms with Crippen LogP contribution in [0.4, 0.5) is 19.1 Å². The Morgan fingerprint density at radius 1 is 1.14 bits per heavy atom. The third kappa shape index (κ3) is 3.34. The number of benzene rings is 1. The Balaban J connectivity index is 1.71. The number of aromatic nitrogens is 3. The highest BCUT2D eigenvalue weighted by atomic mass is 19.4. The summed E-state index contributed by atoms with van der Waals surface area (Å²) in [6, 6.07) is 11.5. The molecule has 8 heteroatoms. The van der Waals surface area contributed by atoms with E-state index in [0.29, 0.717) is 5.52 Å². The monoisotopic (exact) mass is 388 g/mol. The third-order valence-corrected chi connectivity index (χ3v) is 5.20. The molecular weight excluding hydrogens is 369 g/mol. The van der Waals surface area contributed by atoms with E-state index in [-0.39, 0.29) is 23.5 Å². The van der Waals surface area contributed by atoms with Gasteiger partial charge in [0.1, 0.15) is 11.2 Å². The van der Waals surface area contributed by atoms with E-state index in [1.165, 1.54) is 6.07 Å². The normalized spacial score (nSPS) is 16.0. The molecular formula is C20H19F3N4O. The molecule has 1 aliphatic rings. The number of anilines is 1. The average Bonchev–Trinajstić information content (AvgIpc) is 2.97. The van der Waals surface area contributed by atoms with E-state index < -0.39 is 17.8 Å². The Labute approximate surface area is 159 Å². The first-order chi connectivity index (χ1) is 13.3. The minimum atomic E-state index is -4.53. The summed E-state index contributed by atoms with van der Waals surface area (Å²) >= 11 is 0. The maximum absolute atomic E-state index is 13.1. The van der Waals surface area contributed by atoms with Gasteiger partial charge in [-0.1, -0.05) is 30.3 Å². The predicted octanol–water partition coefficient (Wildman–Crippen LogP) is 4.92. The molecule has 1 aliphatic carbocycles. The molecule has 1 aromatic carbocycles. The number of imidazole rings is 1. The Bertz CT molecular complexity index is 1010. The number of rotatable bonds is 4. The number of hydrogen-bond donors (Lipinski definition) is 1. The number of hydrogen-bond acceptors (Lipinski definition) is 3. The summed E-state index contributed by atoms with van der Waals surface area (Å²) in [6.07, 6.45) is -1.91. The highest BCUT2D eigenvalue weighted by molar-refractivity contribution is 5.95.